The molecule has 3 amide bonds. The Morgan fingerprint density at radius 1 is 1.16 bits per heavy atom. The SMILES string of the molecule is COC(=O)c1ccc(CN2C(=O)N/C(=C\c3cc([N+](=O)[O-])ccc3OCc3ccc(Br)cc3Br)C2=O)o1. The zero-order valence-corrected chi connectivity index (χ0v) is 22.2. The minimum absolute atomic E-state index is 0.0730. The van der Waals surface area contributed by atoms with E-state index in [1.807, 2.05) is 18.2 Å². The average molecular weight is 635 g/mol. The van der Waals surface area contributed by atoms with Crippen molar-refractivity contribution in [2.45, 2.75) is 13.2 Å². The molecule has 1 fully saturated rings. The summed E-state index contributed by atoms with van der Waals surface area (Å²) in [5.41, 5.74) is 0.712. The van der Waals surface area contributed by atoms with Crippen LogP contribution in [-0.4, -0.2) is 34.8 Å². The van der Waals surface area contributed by atoms with Crippen molar-refractivity contribution < 1.29 is 33.2 Å². The molecule has 0 spiro atoms. The maximum atomic E-state index is 13.0. The molecule has 1 aliphatic rings. The second-order valence-corrected chi connectivity index (χ2v) is 9.41. The monoisotopic (exact) mass is 633 g/mol. The molecule has 0 bridgehead atoms. The summed E-state index contributed by atoms with van der Waals surface area (Å²) in [5, 5.41) is 13.8. The van der Waals surface area contributed by atoms with Gasteiger partial charge in [-0.25, -0.2) is 9.59 Å². The number of hydrogen-bond donors (Lipinski definition) is 1. The van der Waals surface area contributed by atoms with E-state index >= 15 is 0 Å². The Bertz CT molecular complexity index is 1450. The molecule has 190 valence electrons. The van der Waals surface area contributed by atoms with Crippen molar-refractivity contribution >= 4 is 61.5 Å². The number of urea groups is 1. The van der Waals surface area contributed by atoms with Gasteiger partial charge in [-0.05, 0) is 36.4 Å². The fourth-order valence-corrected chi connectivity index (χ4v) is 4.55. The summed E-state index contributed by atoms with van der Waals surface area (Å²) >= 11 is 6.84. The normalized spacial score (nSPS) is 14.1. The number of furan rings is 1. The van der Waals surface area contributed by atoms with E-state index in [2.05, 4.69) is 41.9 Å². The van der Waals surface area contributed by atoms with Crippen molar-refractivity contribution in [1.82, 2.24) is 10.2 Å². The van der Waals surface area contributed by atoms with Crippen LogP contribution in [0.25, 0.3) is 6.08 Å². The second kappa shape index (κ2) is 11.0. The van der Waals surface area contributed by atoms with Gasteiger partial charge in [0.2, 0.25) is 5.76 Å². The predicted octanol–water partition coefficient (Wildman–Crippen LogP) is 5.17. The fraction of sp³-hybridized carbons (Fsp3) is 0.125. The van der Waals surface area contributed by atoms with Crippen LogP contribution in [0.4, 0.5) is 10.5 Å². The minimum Gasteiger partial charge on any atom is -0.488 e. The van der Waals surface area contributed by atoms with Gasteiger partial charge in [-0.15, -0.1) is 0 Å². The average Bonchev–Trinajstić information content (AvgIpc) is 3.44. The van der Waals surface area contributed by atoms with Gasteiger partial charge in [0.05, 0.1) is 18.6 Å². The Kier molecular flexibility index (Phi) is 7.74. The number of imide groups is 1. The first kappa shape index (κ1) is 26.1. The summed E-state index contributed by atoms with van der Waals surface area (Å²) in [5.74, 6) is -1.01. The van der Waals surface area contributed by atoms with Gasteiger partial charge >= 0.3 is 12.0 Å². The van der Waals surface area contributed by atoms with Crippen molar-refractivity contribution in [2.24, 2.45) is 0 Å². The van der Waals surface area contributed by atoms with Crippen molar-refractivity contribution in [1.29, 1.82) is 0 Å². The number of carbonyl (C=O) groups excluding carboxylic acids is 3. The Morgan fingerprint density at radius 2 is 1.95 bits per heavy atom. The fourth-order valence-electron chi connectivity index (χ4n) is 3.39. The highest BCUT2D eigenvalue weighted by Gasteiger charge is 2.34. The smallest absolute Gasteiger partial charge is 0.373 e. The summed E-state index contributed by atoms with van der Waals surface area (Å²) < 4.78 is 17.5. The number of nitro groups is 1. The number of rotatable bonds is 8. The lowest BCUT2D eigenvalue weighted by molar-refractivity contribution is -0.384. The van der Waals surface area contributed by atoms with Crippen LogP contribution < -0.4 is 10.1 Å². The number of methoxy groups -OCH3 is 1. The molecule has 0 radical (unpaired) electrons. The van der Waals surface area contributed by atoms with E-state index in [-0.39, 0.29) is 47.4 Å². The topological polar surface area (TPSA) is 141 Å². The third-order valence-corrected chi connectivity index (χ3v) is 6.46. The highest BCUT2D eigenvalue weighted by molar-refractivity contribution is 9.11. The van der Waals surface area contributed by atoms with Gasteiger partial charge in [-0.2, -0.15) is 0 Å². The lowest BCUT2D eigenvalue weighted by atomic mass is 10.1. The van der Waals surface area contributed by atoms with Crippen molar-refractivity contribution in [3.8, 4) is 5.75 Å². The summed E-state index contributed by atoms with van der Waals surface area (Å²) in [7, 11) is 1.20. The number of nitrogens with zero attached hydrogens (tertiary/aromatic N) is 2. The quantitative estimate of drug-likeness (QED) is 0.118. The molecule has 0 aliphatic carbocycles. The summed E-state index contributed by atoms with van der Waals surface area (Å²) in [6, 6.07) is 11.6. The summed E-state index contributed by atoms with van der Waals surface area (Å²) in [4.78, 5) is 48.7. The highest BCUT2D eigenvalue weighted by Crippen LogP contribution is 2.30. The third-order valence-electron chi connectivity index (χ3n) is 5.23. The van der Waals surface area contributed by atoms with Crippen molar-refractivity contribution in [2.75, 3.05) is 7.11 Å². The van der Waals surface area contributed by atoms with E-state index in [4.69, 9.17) is 9.15 Å². The molecule has 13 heteroatoms. The number of hydrogen-bond acceptors (Lipinski definition) is 8. The lowest BCUT2D eigenvalue weighted by Crippen LogP contribution is -2.30. The summed E-state index contributed by atoms with van der Waals surface area (Å²) in [6.45, 7) is -0.107. The largest absolute Gasteiger partial charge is 0.488 e. The number of amides is 3. The number of carbonyl (C=O) groups is 3. The number of benzene rings is 2. The maximum Gasteiger partial charge on any atom is 0.373 e. The molecule has 1 aromatic heterocycles. The van der Waals surface area contributed by atoms with Gasteiger partial charge in [0.25, 0.3) is 11.6 Å². The molecule has 4 rings (SSSR count). The molecule has 1 saturated heterocycles. The molecule has 0 atom stereocenters. The van der Waals surface area contributed by atoms with Crippen molar-refractivity contribution in [3.05, 3.63) is 95.9 Å². The Morgan fingerprint density at radius 3 is 2.65 bits per heavy atom. The van der Waals surface area contributed by atoms with Gasteiger partial charge < -0.3 is 19.2 Å². The van der Waals surface area contributed by atoms with Crippen molar-refractivity contribution in [3.63, 3.8) is 0 Å². The van der Waals surface area contributed by atoms with Crippen LogP contribution >= 0.6 is 31.9 Å². The van der Waals surface area contributed by atoms with E-state index in [1.54, 1.807) is 0 Å². The maximum absolute atomic E-state index is 13.0. The lowest BCUT2D eigenvalue weighted by Gasteiger charge is -2.11. The zero-order valence-electron chi connectivity index (χ0n) is 19.0. The van der Waals surface area contributed by atoms with Crippen LogP contribution in [0.15, 0.2) is 67.6 Å². The molecule has 1 aliphatic heterocycles. The first-order valence-electron chi connectivity index (χ1n) is 10.5. The molecule has 0 unspecified atom stereocenters. The van der Waals surface area contributed by atoms with Crippen LogP contribution in [0, 0.1) is 10.1 Å². The number of esters is 1. The number of ether oxygens (including phenoxy) is 2. The predicted molar refractivity (Wildman–Crippen MR) is 136 cm³/mol. The van der Waals surface area contributed by atoms with Crippen LogP contribution in [0.3, 0.4) is 0 Å². The number of halogens is 2. The molecule has 11 nitrogen and oxygen atoms in total. The van der Waals surface area contributed by atoms with E-state index < -0.39 is 22.8 Å². The summed E-state index contributed by atoms with van der Waals surface area (Å²) in [6.07, 6.45) is 1.31. The first-order valence-corrected chi connectivity index (χ1v) is 12.1. The van der Waals surface area contributed by atoms with E-state index in [0.29, 0.717) is 0 Å². The van der Waals surface area contributed by atoms with Crippen LogP contribution in [-0.2, 0) is 22.7 Å². The number of nitrogens with one attached hydrogen (secondary N) is 1. The molecule has 0 saturated carbocycles. The standard InChI is InChI=1S/C24H17Br2N3O8/c1-35-23(31)21-7-5-17(37-21)11-28-22(30)19(27-24(28)32)9-14-8-16(29(33)34)4-6-20(14)36-12-13-2-3-15(25)10-18(13)26/h2-10H,11-12H2,1H3,(H,27,32)/b19-9-. The van der Waals surface area contributed by atoms with Gasteiger partial charge in [-0.1, -0.05) is 37.9 Å². The molecular weight excluding hydrogens is 618 g/mol. The van der Waals surface area contributed by atoms with Crippen LogP contribution in [0.2, 0.25) is 0 Å². The second-order valence-electron chi connectivity index (χ2n) is 7.64. The van der Waals surface area contributed by atoms with Crippen LogP contribution in [0.5, 0.6) is 5.75 Å². The van der Waals surface area contributed by atoms with Gasteiger partial charge in [0.1, 0.15) is 23.8 Å². The van der Waals surface area contributed by atoms with E-state index in [0.717, 1.165) is 19.4 Å². The zero-order chi connectivity index (χ0) is 26.7. The number of non-ortho nitro benzene ring substituents is 1. The minimum atomic E-state index is -0.723. The molecule has 1 N–H and O–H groups in total. The molecule has 2 heterocycles. The van der Waals surface area contributed by atoms with E-state index in [1.165, 1.54) is 43.5 Å². The number of nitro benzene ring substituents is 1. The van der Waals surface area contributed by atoms with Gasteiger partial charge in [-0.3, -0.25) is 19.8 Å². The van der Waals surface area contributed by atoms with Gasteiger partial charge in [0, 0.05) is 32.2 Å². The highest BCUT2D eigenvalue weighted by atomic mass is 79.9. The van der Waals surface area contributed by atoms with E-state index in [9.17, 15) is 24.5 Å². The molecule has 2 aromatic carbocycles. The Labute approximate surface area is 226 Å². The molecule has 37 heavy (non-hydrogen) atoms. The first-order chi connectivity index (χ1) is 17.7. The van der Waals surface area contributed by atoms with Crippen LogP contribution in [0.1, 0.15) is 27.4 Å². The third kappa shape index (κ3) is 5.89. The molecular formula is C24H17Br2N3O8. The Balaban J connectivity index is 1.58. The van der Waals surface area contributed by atoms with Gasteiger partial charge in [0.15, 0.2) is 0 Å². The molecule has 3 aromatic rings. The Hall–Kier alpha value is -3.97.